The number of urea groups is 1. The first-order chi connectivity index (χ1) is 22.0. The predicted octanol–water partition coefficient (Wildman–Crippen LogP) is 8.15. The summed E-state index contributed by atoms with van der Waals surface area (Å²) in [5.41, 5.74) is 4.71. The molecule has 2 aliphatic rings. The third-order valence-electron chi connectivity index (χ3n) is 8.57. The van der Waals surface area contributed by atoms with Crippen LogP contribution < -0.4 is 19.9 Å². The second-order valence-corrected chi connectivity index (χ2v) is 11.1. The molecule has 7 rings (SSSR count). The quantitative estimate of drug-likeness (QED) is 0.192. The number of rotatable bonds is 7. The van der Waals surface area contributed by atoms with Crippen LogP contribution in [0.5, 0.6) is 11.5 Å². The standard InChI is InChI=1S/C38H33N3O4/c1-3-40(4-2)28-19-21-32-35(24-28)44-34-22-20-29(23-33(34)38(32)31-18-12-11-17-30(31)36(42)45-38)41(27-15-9-6-10-16-27)37(43)39-25-26-13-7-5-8-14-26/h5-24H,3-4,25H2,1-2H3,(H,39,43). The number of anilines is 3. The Labute approximate surface area is 262 Å². The number of para-hydroxylation sites is 1. The molecule has 7 nitrogen and oxygen atoms in total. The maximum Gasteiger partial charge on any atom is 0.340 e. The molecule has 45 heavy (non-hydrogen) atoms. The van der Waals surface area contributed by atoms with Gasteiger partial charge in [0.1, 0.15) is 11.5 Å². The molecule has 5 aromatic rings. The summed E-state index contributed by atoms with van der Waals surface area (Å²) in [7, 11) is 0. The van der Waals surface area contributed by atoms with E-state index in [1.807, 2.05) is 115 Å². The van der Waals surface area contributed by atoms with Gasteiger partial charge in [-0.1, -0.05) is 66.7 Å². The molecule has 0 saturated heterocycles. The van der Waals surface area contributed by atoms with Crippen molar-refractivity contribution in [3.8, 4) is 11.5 Å². The Bertz CT molecular complexity index is 1890. The zero-order valence-electron chi connectivity index (χ0n) is 25.2. The van der Waals surface area contributed by atoms with Crippen LogP contribution in [0.25, 0.3) is 0 Å². The number of benzene rings is 5. The number of carbonyl (C=O) groups excluding carboxylic acids is 2. The number of hydrogen-bond acceptors (Lipinski definition) is 5. The number of fused-ring (bicyclic) bond motifs is 6. The molecule has 0 aliphatic carbocycles. The fraction of sp³-hybridized carbons (Fsp3) is 0.158. The lowest BCUT2D eigenvalue weighted by Gasteiger charge is -2.38. The molecule has 0 radical (unpaired) electrons. The monoisotopic (exact) mass is 595 g/mol. The zero-order chi connectivity index (χ0) is 31.0. The van der Waals surface area contributed by atoms with Crippen LogP contribution in [0, 0.1) is 0 Å². The Kier molecular flexibility index (Phi) is 7.22. The van der Waals surface area contributed by atoms with Crippen LogP contribution in [0.3, 0.4) is 0 Å². The molecule has 2 heterocycles. The number of esters is 1. The van der Waals surface area contributed by atoms with E-state index in [0.717, 1.165) is 35.5 Å². The fourth-order valence-corrected chi connectivity index (χ4v) is 6.39. The van der Waals surface area contributed by atoms with Gasteiger partial charge in [0.25, 0.3) is 0 Å². The Morgan fingerprint density at radius 1 is 0.689 bits per heavy atom. The smallest absolute Gasteiger partial charge is 0.340 e. The summed E-state index contributed by atoms with van der Waals surface area (Å²) in [5, 5.41) is 3.07. The normalized spacial score (nSPS) is 15.7. The van der Waals surface area contributed by atoms with Crippen molar-refractivity contribution < 1.29 is 19.1 Å². The van der Waals surface area contributed by atoms with Crippen LogP contribution in [0.15, 0.2) is 121 Å². The molecule has 2 aliphatic heterocycles. The lowest BCUT2D eigenvalue weighted by molar-refractivity contribution is 0.0224. The van der Waals surface area contributed by atoms with E-state index in [4.69, 9.17) is 9.47 Å². The van der Waals surface area contributed by atoms with E-state index in [1.165, 1.54) is 0 Å². The van der Waals surface area contributed by atoms with E-state index < -0.39 is 11.6 Å². The van der Waals surface area contributed by atoms with Crippen molar-refractivity contribution in [3.63, 3.8) is 0 Å². The fourth-order valence-electron chi connectivity index (χ4n) is 6.39. The number of amides is 2. The SMILES string of the molecule is CCN(CC)c1ccc2c(c1)Oc1ccc(N(C(=O)NCc3ccccc3)c3ccccc3)cc1C21OC(=O)c2ccccc21. The van der Waals surface area contributed by atoms with Crippen LogP contribution in [0.4, 0.5) is 21.9 Å². The van der Waals surface area contributed by atoms with E-state index in [9.17, 15) is 9.59 Å². The van der Waals surface area contributed by atoms with Gasteiger partial charge in [0.05, 0.1) is 16.9 Å². The van der Waals surface area contributed by atoms with Crippen LogP contribution in [0.1, 0.15) is 46.5 Å². The maximum absolute atomic E-state index is 13.9. The molecule has 0 aromatic heterocycles. The predicted molar refractivity (Wildman–Crippen MR) is 176 cm³/mol. The lowest BCUT2D eigenvalue weighted by Crippen LogP contribution is -2.37. The minimum Gasteiger partial charge on any atom is -0.456 e. The van der Waals surface area contributed by atoms with E-state index in [-0.39, 0.29) is 6.03 Å². The van der Waals surface area contributed by atoms with Crippen molar-refractivity contribution >= 4 is 29.1 Å². The van der Waals surface area contributed by atoms with Crippen molar-refractivity contribution in [2.24, 2.45) is 0 Å². The molecule has 1 spiro atoms. The number of nitrogens with zero attached hydrogens (tertiary/aromatic N) is 2. The number of nitrogens with one attached hydrogen (secondary N) is 1. The van der Waals surface area contributed by atoms with Crippen molar-refractivity contribution in [1.29, 1.82) is 0 Å². The van der Waals surface area contributed by atoms with Crippen molar-refractivity contribution in [2.45, 2.75) is 26.0 Å². The van der Waals surface area contributed by atoms with Gasteiger partial charge in [0, 0.05) is 48.1 Å². The summed E-state index contributed by atoms with van der Waals surface area (Å²) in [4.78, 5) is 31.2. The van der Waals surface area contributed by atoms with Gasteiger partial charge in [-0.15, -0.1) is 0 Å². The molecular formula is C38H33N3O4. The zero-order valence-corrected chi connectivity index (χ0v) is 25.2. The minimum atomic E-state index is -1.25. The van der Waals surface area contributed by atoms with Crippen molar-refractivity contribution in [2.75, 3.05) is 22.9 Å². The third-order valence-corrected chi connectivity index (χ3v) is 8.57. The van der Waals surface area contributed by atoms with Gasteiger partial charge >= 0.3 is 12.0 Å². The van der Waals surface area contributed by atoms with Crippen LogP contribution >= 0.6 is 0 Å². The Morgan fingerprint density at radius 2 is 1.38 bits per heavy atom. The Hall–Kier alpha value is -5.56. The van der Waals surface area contributed by atoms with Gasteiger partial charge in [0.15, 0.2) is 5.60 Å². The van der Waals surface area contributed by atoms with E-state index in [2.05, 4.69) is 24.1 Å². The van der Waals surface area contributed by atoms with Gasteiger partial charge in [-0.2, -0.15) is 0 Å². The molecule has 224 valence electrons. The van der Waals surface area contributed by atoms with Gasteiger partial charge in [-0.25, -0.2) is 9.59 Å². The largest absolute Gasteiger partial charge is 0.456 e. The molecule has 0 bridgehead atoms. The summed E-state index contributed by atoms with van der Waals surface area (Å²) in [6.07, 6.45) is 0. The summed E-state index contributed by atoms with van der Waals surface area (Å²) in [6.45, 7) is 6.30. The summed E-state index contributed by atoms with van der Waals surface area (Å²) < 4.78 is 13.0. The van der Waals surface area contributed by atoms with Crippen molar-refractivity contribution in [1.82, 2.24) is 5.32 Å². The second kappa shape index (κ2) is 11.5. The highest BCUT2D eigenvalue weighted by Crippen LogP contribution is 2.57. The number of carbonyl (C=O) groups is 2. The summed E-state index contributed by atoms with van der Waals surface area (Å²) in [6, 6.07) is 38.2. The van der Waals surface area contributed by atoms with E-state index >= 15 is 0 Å². The first-order valence-corrected chi connectivity index (χ1v) is 15.2. The number of ether oxygens (including phenoxy) is 2. The third kappa shape index (κ3) is 4.77. The van der Waals surface area contributed by atoms with Gasteiger partial charge in [-0.3, -0.25) is 4.90 Å². The molecule has 7 heteroatoms. The molecule has 0 saturated carbocycles. The topological polar surface area (TPSA) is 71.1 Å². The maximum atomic E-state index is 13.9. The van der Waals surface area contributed by atoms with Crippen LogP contribution in [0.2, 0.25) is 0 Å². The minimum absolute atomic E-state index is 0.288. The van der Waals surface area contributed by atoms with E-state index in [0.29, 0.717) is 40.5 Å². The van der Waals surface area contributed by atoms with Crippen molar-refractivity contribution in [3.05, 3.63) is 149 Å². The van der Waals surface area contributed by atoms with Gasteiger partial charge in [0.2, 0.25) is 0 Å². The molecule has 1 unspecified atom stereocenters. The molecule has 0 fully saturated rings. The first-order valence-electron chi connectivity index (χ1n) is 15.2. The van der Waals surface area contributed by atoms with Crippen LogP contribution in [-0.2, 0) is 16.9 Å². The summed E-state index contributed by atoms with van der Waals surface area (Å²) in [5.74, 6) is 0.790. The molecule has 1 N–H and O–H groups in total. The number of hydrogen-bond donors (Lipinski definition) is 1. The highest BCUT2D eigenvalue weighted by atomic mass is 16.6. The molecule has 1 atom stereocenters. The highest BCUT2D eigenvalue weighted by molar-refractivity contribution is 6.00. The summed E-state index contributed by atoms with van der Waals surface area (Å²) >= 11 is 0. The molecular weight excluding hydrogens is 562 g/mol. The average Bonchev–Trinajstić information content (AvgIpc) is 3.38. The second-order valence-electron chi connectivity index (χ2n) is 11.1. The first kappa shape index (κ1) is 28.2. The Morgan fingerprint density at radius 3 is 2.13 bits per heavy atom. The van der Waals surface area contributed by atoms with Gasteiger partial charge in [-0.05, 0) is 67.9 Å². The Balaban J connectivity index is 1.38. The average molecular weight is 596 g/mol. The lowest BCUT2D eigenvalue weighted by atomic mass is 9.77. The highest BCUT2D eigenvalue weighted by Gasteiger charge is 2.53. The van der Waals surface area contributed by atoms with Crippen LogP contribution in [-0.4, -0.2) is 25.1 Å². The molecule has 5 aromatic carbocycles. The molecule has 2 amide bonds. The van der Waals surface area contributed by atoms with E-state index in [1.54, 1.807) is 11.0 Å². The van der Waals surface area contributed by atoms with Gasteiger partial charge < -0.3 is 19.7 Å².